The van der Waals surface area contributed by atoms with Crippen LogP contribution in [-0.2, 0) is 16.1 Å². The maximum absolute atomic E-state index is 11.9. The number of hydrogen-bond acceptors (Lipinski definition) is 6. The van der Waals surface area contributed by atoms with Gasteiger partial charge in [0.2, 0.25) is 0 Å². The van der Waals surface area contributed by atoms with Gasteiger partial charge in [-0.1, -0.05) is 34.9 Å². The zero-order valence-electron chi connectivity index (χ0n) is 13.6. The van der Waals surface area contributed by atoms with E-state index in [1.807, 2.05) is 27.7 Å². The molecule has 0 saturated heterocycles. The molecule has 0 N–H and O–H groups in total. The molecule has 0 amide bonds. The van der Waals surface area contributed by atoms with Crippen molar-refractivity contribution in [1.29, 1.82) is 0 Å². The zero-order valence-corrected chi connectivity index (χ0v) is 16.0. The lowest BCUT2D eigenvalue weighted by molar-refractivity contribution is -0.142. The van der Waals surface area contributed by atoms with Gasteiger partial charge in [-0.3, -0.25) is 4.79 Å². The highest BCUT2D eigenvalue weighted by atomic mass is 79.9. The number of rotatable bonds is 6. The van der Waals surface area contributed by atoms with Crippen LogP contribution in [0.4, 0.5) is 0 Å². The standard InChI is InChI=1S/C16H19BrN2O3S/c1-9(2)16-18-14(22-19-16)7-21-15(20)8-23-13-6-10(3)12(17)5-11(13)4/h5-6,9H,7-8H2,1-4H3. The van der Waals surface area contributed by atoms with Crippen molar-refractivity contribution in [2.75, 3.05) is 5.75 Å². The van der Waals surface area contributed by atoms with Crippen molar-refractivity contribution in [3.05, 3.63) is 39.4 Å². The van der Waals surface area contributed by atoms with E-state index in [1.165, 1.54) is 11.8 Å². The van der Waals surface area contributed by atoms with Crippen LogP contribution in [0.3, 0.4) is 0 Å². The summed E-state index contributed by atoms with van der Waals surface area (Å²) in [5.74, 6) is 1.06. The summed E-state index contributed by atoms with van der Waals surface area (Å²) in [7, 11) is 0. The van der Waals surface area contributed by atoms with Gasteiger partial charge in [0.1, 0.15) is 0 Å². The first kappa shape index (κ1) is 18.0. The highest BCUT2D eigenvalue weighted by molar-refractivity contribution is 9.10. The van der Waals surface area contributed by atoms with Gasteiger partial charge in [-0.05, 0) is 37.1 Å². The molecule has 0 aliphatic rings. The fourth-order valence-electron chi connectivity index (χ4n) is 1.79. The number of aromatic nitrogens is 2. The Balaban J connectivity index is 1.84. The molecule has 2 rings (SSSR count). The first-order valence-corrected chi connectivity index (χ1v) is 9.02. The minimum atomic E-state index is -0.306. The summed E-state index contributed by atoms with van der Waals surface area (Å²) >= 11 is 4.96. The van der Waals surface area contributed by atoms with Gasteiger partial charge in [-0.15, -0.1) is 11.8 Å². The topological polar surface area (TPSA) is 65.2 Å². The Morgan fingerprint density at radius 2 is 2.09 bits per heavy atom. The largest absolute Gasteiger partial charge is 0.455 e. The van der Waals surface area contributed by atoms with Gasteiger partial charge in [0.15, 0.2) is 12.4 Å². The van der Waals surface area contributed by atoms with Gasteiger partial charge >= 0.3 is 5.97 Å². The van der Waals surface area contributed by atoms with E-state index in [0.717, 1.165) is 20.5 Å². The molecule has 0 spiro atoms. The lowest BCUT2D eigenvalue weighted by Gasteiger charge is -2.08. The Bertz CT molecular complexity index is 701. The van der Waals surface area contributed by atoms with E-state index in [1.54, 1.807) is 0 Å². The summed E-state index contributed by atoms with van der Waals surface area (Å²) in [5.41, 5.74) is 2.26. The number of carbonyl (C=O) groups is 1. The molecular formula is C16H19BrN2O3S. The number of aryl methyl sites for hydroxylation is 2. The molecule has 0 aliphatic heterocycles. The molecule has 0 radical (unpaired) electrons. The van der Waals surface area contributed by atoms with Crippen molar-refractivity contribution in [3.63, 3.8) is 0 Å². The number of esters is 1. The van der Waals surface area contributed by atoms with Crippen molar-refractivity contribution in [3.8, 4) is 0 Å². The molecule has 0 aliphatic carbocycles. The lowest BCUT2D eigenvalue weighted by Crippen LogP contribution is -2.07. The molecule has 1 aromatic heterocycles. The van der Waals surface area contributed by atoms with Crippen LogP contribution >= 0.6 is 27.7 Å². The van der Waals surface area contributed by atoms with E-state index in [2.05, 4.69) is 38.2 Å². The predicted octanol–water partition coefficient (Wildman–Crippen LogP) is 4.41. The minimum absolute atomic E-state index is 0.0114. The molecule has 0 fully saturated rings. The van der Waals surface area contributed by atoms with E-state index in [0.29, 0.717) is 11.7 Å². The van der Waals surface area contributed by atoms with Crippen LogP contribution in [0.25, 0.3) is 0 Å². The third-order valence-electron chi connectivity index (χ3n) is 3.16. The summed E-state index contributed by atoms with van der Waals surface area (Å²) in [4.78, 5) is 17.1. The Morgan fingerprint density at radius 3 is 2.74 bits per heavy atom. The van der Waals surface area contributed by atoms with Crippen molar-refractivity contribution in [1.82, 2.24) is 10.1 Å². The Hall–Kier alpha value is -1.34. The van der Waals surface area contributed by atoms with Crippen LogP contribution in [0, 0.1) is 13.8 Å². The van der Waals surface area contributed by atoms with Crippen molar-refractivity contribution in [2.24, 2.45) is 0 Å². The molecule has 0 saturated carbocycles. The average molecular weight is 399 g/mol. The number of ether oxygens (including phenoxy) is 1. The van der Waals surface area contributed by atoms with Crippen LogP contribution in [0.15, 0.2) is 26.0 Å². The summed E-state index contributed by atoms with van der Waals surface area (Å²) in [6, 6.07) is 4.11. The molecule has 5 nitrogen and oxygen atoms in total. The Labute approximate surface area is 148 Å². The molecule has 23 heavy (non-hydrogen) atoms. The lowest BCUT2D eigenvalue weighted by atomic mass is 10.2. The van der Waals surface area contributed by atoms with Crippen LogP contribution in [0.1, 0.15) is 42.6 Å². The van der Waals surface area contributed by atoms with Crippen LogP contribution in [-0.4, -0.2) is 21.9 Å². The first-order chi connectivity index (χ1) is 10.9. The van der Waals surface area contributed by atoms with E-state index in [-0.39, 0.29) is 24.2 Å². The third kappa shape index (κ3) is 5.07. The van der Waals surface area contributed by atoms with Gasteiger partial charge in [-0.2, -0.15) is 4.98 Å². The molecular weight excluding hydrogens is 380 g/mol. The monoisotopic (exact) mass is 398 g/mol. The van der Waals surface area contributed by atoms with Gasteiger partial charge in [0, 0.05) is 15.3 Å². The number of halogens is 1. The molecule has 0 bridgehead atoms. The smallest absolute Gasteiger partial charge is 0.316 e. The highest BCUT2D eigenvalue weighted by Crippen LogP contribution is 2.28. The molecule has 0 unspecified atom stereocenters. The number of thioether (sulfide) groups is 1. The number of hydrogen-bond donors (Lipinski definition) is 0. The SMILES string of the molecule is Cc1cc(SCC(=O)OCc2nc(C(C)C)no2)c(C)cc1Br. The third-order valence-corrected chi connectivity index (χ3v) is 5.14. The average Bonchev–Trinajstić information content (AvgIpc) is 2.96. The second kappa shape index (κ2) is 7.97. The Morgan fingerprint density at radius 1 is 1.35 bits per heavy atom. The van der Waals surface area contributed by atoms with E-state index < -0.39 is 0 Å². The van der Waals surface area contributed by atoms with Gasteiger partial charge in [-0.25, -0.2) is 0 Å². The van der Waals surface area contributed by atoms with Crippen LogP contribution in [0.5, 0.6) is 0 Å². The van der Waals surface area contributed by atoms with Gasteiger partial charge < -0.3 is 9.26 Å². The number of nitrogens with zero attached hydrogens (tertiary/aromatic N) is 2. The van der Waals surface area contributed by atoms with E-state index in [9.17, 15) is 4.79 Å². The maximum Gasteiger partial charge on any atom is 0.316 e. The second-order valence-electron chi connectivity index (χ2n) is 5.52. The van der Waals surface area contributed by atoms with Crippen molar-refractivity contribution < 1.29 is 14.1 Å². The summed E-state index contributed by atoms with van der Waals surface area (Å²) < 4.78 is 11.3. The fraction of sp³-hybridized carbons (Fsp3) is 0.438. The first-order valence-electron chi connectivity index (χ1n) is 7.24. The number of benzene rings is 1. The quantitative estimate of drug-likeness (QED) is 0.530. The van der Waals surface area contributed by atoms with Crippen LogP contribution in [0.2, 0.25) is 0 Å². The summed E-state index contributed by atoms with van der Waals surface area (Å²) in [5, 5.41) is 3.83. The molecule has 7 heteroatoms. The number of carbonyl (C=O) groups excluding carboxylic acids is 1. The predicted molar refractivity (Wildman–Crippen MR) is 92.5 cm³/mol. The summed E-state index contributed by atoms with van der Waals surface area (Å²) in [6.45, 7) is 7.99. The van der Waals surface area contributed by atoms with Crippen molar-refractivity contribution >= 4 is 33.7 Å². The van der Waals surface area contributed by atoms with Crippen LogP contribution < -0.4 is 0 Å². The van der Waals surface area contributed by atoms with E-state index in [4.69, 9.17) is 9.26 Å². The molecule has 124 valence electrons. The molecule has 2 aromatic rings. The molecule has 0 atom stereocenters. The normalized spacial score (nSPS) is 11.0. The maximum atomic E-state index is 11.9. The second-order valence-corrected chi connectivity index (χ2v) is 7.39. The fourth-order valence-corrected chi connectivity index (χ4v) is 3.15. The van der Waals surface area contributed by atoms with Gasteiger partial charge in [0.05, 0.1) is 5.75 Å². The summed E-state index contributed by atoms with van der Waals surface area (Å²) in [6.07, 6.45) is 0. The minimum Gasteiger partial charge on any atom is -0.455 e. The van der Waals surface area contributed by atoms with E-state index >= 15 is 0 Å². The highest BCUT2D eigenvalue weighted by Gasteiger charge is 2.13. The molecule has 1 heterocycles. The zero-order chi connectivity index (χ0) is 17.0. The van der Waals surface area contributed by atoms with Crippen molar-refractivity contribution in [2.45, 2.75) is 45.1 Å². The van der Waals surface area contributed by atoms with Gasteiger partial charge in [0.25, 0.3) is 5.89 Å². The molecule has 1 aromatic carbocycles. The Kier molecular flexibility index (Phi) is 6.24.